The number of fused-ring (bicyclic) bond motifs is 3. The zero-order chi connectivity index (χ0) is 39.8. The van der Waals surface area contributed by atoms with Crippen LogP contribution in [0.3, 0.4) is 0 Å². The molecule has 3 aromatic heterocycles. The molecule has 0 unspecified atom stereocenters. The van der Waals surface area contributed by atoms with E-state index >= 15 is 0 Å². The maximum Gasteiger partial charge on any atom is 2.00 e. The van der Waals surface area contributed by atoms with E-state index in [2.05, 4.69) is 191 Å². The fraction of sp³-hybridized carbons (Fsp3) is 0.360. The number of pyridine rings is 1. The largest absolute Gasteiger partial charge is 2.00 e. The SMILES string of the molecule is Cc1nn(-c2[c-]c(Oc3[c-]c4c(cc3)c3ccccc3n4-c3cc(C(C)(C)C)ccn3)cc(C(C)(C)C)c2)c(C)c1-c1c(C(C)(C)C)cccc1C(C)(C)C.[Pt+2]. The van der Waals surface area contributed by atoms with Gasteiger partial charge in [-0.05, 0) is 87.0 Å². The van der Waals surface area contributed by atoms with Gasteiger partial charge in [0.05, 0.1) is 5.69 Å². The first kappa shape index (κ1) is 41.2. The minimum absolute atomic E-state index is 0. The monoisotopic (exact) mass is 923 g/mol. The summed E-state index contributed by atoms with van der Waals surface area (Å²) in [6.07, 6.45) is 1.90. The predicted molar refractivity (Wildman–Crippen MR) is 230 cm³/mol. The first-order chi connectivity index (χ1) is 25.6. The number of benzene rings is 4. The zero-order valence-corrected chi connectivity index (χ0v) is 37.9. The van der Waals surface area contributed by atoms with Crippen molar-refractivity contribution in [2.45, 2.75) is 119 Å². The fourth-order valence-electron chi connectivity index (χ4n) is 7.74. The molecule has 0 bridgehead atoms. The summed E-state index contributed by atoms with van der Waals surface area (Å²) < 4.78 is 11.0. The smallest absolute Gasteiger partial charge is 0.509 e. The molecule has 0 N–H and O–H groups in total. The van der Waals surface area contributed by atoms with E-state index in [-0.39, 0.29) is 42.7 Å². The number of hydrogen-bond acceptors (Lipinski definition) is 3. The predicted octanol–water partition coefficient (Wildman–Crippen LogP) is 13.2. The van der Waals surface area contributed by atoms with Crippen molar-refractivity contribution in [3.63, 3.8) is 0 Å². The summed E-state index contributed by atoms with van der Waals surface area (Å²) >= 11 is 0. The van der Waals surface area contributed by atoms with Gasteiger partial charge >= 0.3 is 21.1 Å². The molecule has 5 nitrogen and oxygen atoms in total. The molecular weight excluding hydrogens is 868 g/mol. The summed E-state index contributed by atoms with van der Waals surface area (Å²) in [6.45, 7) is 31.5. The van der Waals surface area contributed by atoms with E-state index in [1.807, 2.05) is 12.3 Å². The van der Waals surface area contributed by atoms with Crippen molar-refractivity contribution in [2.24, 2.45) is 0 Å². The van der Waals surface area contributed by atoms with Crippen LogP contribution in [0.15, 0.2) is 85.1 Å². The van der Waals surface area contributed by atoms with Gasteiger partial charge in [0.2, 0.25) is 0 Å². The zero-order valence-electron chi connectivity index (χ0n) is 35.6. The van der Waals surface area contributed by atoms with Crippen molar-refractivity contribution in [1.29, 1.82) is 0 Å². The van der Waals surface area contributed by atoms with E-state index in [9.17, 15) is 0 Å². The summed E-state index contributed by atoms with van der Waals surface area (Å²) in [4.78, 5) is 4.86. The summed E-state index contributed by atoms with van der Waals surface area (Å²) in [5.74, 6) is 2.09. The van der Waals surface area contributed by atoms with E-state index in [1.54, 1.807) is 0 Å². The second-order valence-corrected chi connectivity index (χ2v) is 19.2. The molecular formula is C50H56N4OPt. The Morgan fingerprint density at radius 2 is 1.23 bits per heavy atom. The number of ether oxygens (including phenoxy) is 1. The molecule has 7 aromatic rings. The molecule has 0 spiro atoms. The Morgan fingerprint density at radius 1 is 0.589 bits per heavy atom. The molecule has 6 heteroatoms. The molecule has 7 rings (SSSR count). The third kappa shape index (κ3) is 7.64. The first-order valence-corrected chi connectivity index (χ1v) is 19.5. The Labute approximate surface area is 348 Å². The molecule has 56 heavy (non-hydrogen) atoms. The minimum atomic E-state index is -0.150. The third-order valence-corrected chi connectivity index (χ3v) is 10.8. The summed E-state index contributed by atoms with van der Waals surface area (Å²) in [7, 11) is 0. The van der Waals surface area contributed by atoms with E-state index in [0.717, 1.165) is 50.3 Å². The van der Waals surface area contributed by atoms with Gasteiger partial charge in [-0.1, -0.05) is 125 Å². The van der Waals surface area contributed by atoms with Crippen LogP contribution in [0.25, 0.3) is 44.4 Å². The van der Waals surface area contributed by atoms with Crippen molar-refractivity contribution >= 4 is 21.8 Å². The van der Waals surface area contributed by atoms with Gasteiger partial charge in [0, 0.05) is 34.5 Å². The fourth-order valence-corrected chi connectivity index (χ4v) is 7.74. The van der Waals surface area contributed by atoms with Crippen LogP contribution in [0.1, 0.15) is 117 Å². The molecule has 0 aliphatic carbocycles. The second kappa shape index (κ2) is 14.5. The summed E-state index contributed by atoms with van der Waals surface area (Å²) in [6, 6.07) is 35.3. The minimum Gasteiger partial charge on any atom is -0.509 e. The van der Waals surface area contributed by atoms with Crippen molar-refractivity contribution in [1.82, 2.24) is 19.3 Å². The number of hydrogen-bond donors (Lipinski definition) is 0. The van der Waals surface area contributed by atoms with Gasteiger partial charge in [-0.25, -0.2) is 4.98 Å². The number of nitrogens with zero attached hydrogens (tertiary/aromatic N) is 4. The maximum atomic E-state index is 6.75. The van der Waals surface area contributed by atoms with Gasteiger partial charge in [-0.2, -0.15) is 11.2 Å². The van der Waals surface area contributed by atoms with Crippen LogP contribution in [-0.4, -0.2) is 19.3 Å². The number of aromatic nitrogens is 4. The second-order valence-electron chi connectivity index (χ2n) is 19.2. The van der Waals surface area contributed by atoms with Gasteiger partial charge in [0.1, 0.15) is 5.82 Å². The average Bonchev–Trinajstić information content (AvgIpc) is 3.58. The van der Waals surface area contributed by atoms with Gasteiger partial charge in [0.15, 0.2) is 0 Å². The quantitative estimate of drug-likeness (QED) is 0.162. The van der Waals surface area contributed by atoms with Crippen molar-refractivity contribution in [3.05, 3.63) is 131 Å². The number of aryl methyl sites for hydroxylation is 1. The normalized spacial score (nSPS) is 12.7. The average molecular weight is 924 g/mol. The molecule has 0 amide bonds. The van der Waals surface area contributed by atoms with Crippen LogP contribution >= 0.6 is 0 Å². The van der Waals surface area contributed by atoms with Crippen molar-refractivity contribution in [2.75, 3.05) is 0 Å². The molecule has 0 aliphatic rings. The van der Waals surface area contributed by atoms with Crippen LogP contribution in [0, 0.1) is 26.0 Å². The van der Waals surface area contributed by atoms with E-state index in [1.165, 1.54) is 27.8 Å². The Balaban J connectivity index is 0.00000532. The summed E-state index contributed by atoms with van der Waals surface area (Å²) in [5.41, 5.74) is 12.1. The molecule has 0 aliphatic heterocycles. The molecule has 0 saturated heterocycles. The van der Waals surface area contributed by atoms with Crippen molar-refractivity contribution < 1.29 is 25.8 Å². The van der Waals surface area contributed by atoms with Crippen LogP contribution in [0.2, 0.25) is 0 Å². The molecule has 292 valence electrons. The maximum absolute atomic E-state index is 6.75. The first-order valence-electron chi connectivity index (χ1n) is 19.5. The molecule has 4 aromatic carbocycles. The van der Waals surface area contributed by atoms with Gasteiger partial charge in [-0.3, -0.25) is 4.68 Å². The van der Waals surface area contributed by atoms with Gasteiger partial charge in [0.25, 0.3) is 0 Å². The topological polar surface area (TPSA) is 44.9 Å². The Kier molecular flexibility index (Phi) is 10.6. The number of para-hydroxylation sites is 1. The van der Waals surface area contributed by atoms with Crippen LogP contribution in [0.4, 0.5) is 0 Å². The van der Waals surface area contributed by atoms with Gasteiger partial charge < -0.3 is 9.30 Å². The molecule has 0 radical (unpaired) electrons. The molecule has 0 fully saturated rings. The van der Waals surface area contributed by atoms with E-state index in [0.29, 0.717) is 11.5 Å². The molecule has 0 saturated carbocycles. The summed E-state index contributed by atoms with van der Waals surface area (Å²) in [5, 5.41) is 7.47. The molecule has 0 atom stereocenters. The third-order valence-electron chi connectivity index (χ3n) is 10.8. The van der Waals surface area contributed by atoms with E-state index < -0.39 is 0 Å². The molecule has 3 heterocycles. The van der Waals surface area contributed by atoms with Gasteiger partial charge in [-0.15, -0.1) is 41.3 Å². The van der Waals surface area contributed by atoms with E-state index in [4.69, 9.17) is 14.8 Å². The number of rotatable bonds is 5. The van der Waals surface area contributed by atoms with Crippen LogP contribution in [-0.2, 0) is 42.7 Å². The standard InChI is InChI=1S/C50H56N4O.Pt/c1-31-45(46-40(49(9,10)11)19-17-20-41(46)50(12,13)14)32(2)54(52-31)35-26-34(48(6,7)8)27-37(29-35)55-36-22-23-39-38-18-15-16-21-42(38)53(43(39)30-36)44-28-33(24-25-51-44)47(3,4)5;/h15-28H,1-14H3;/q-2;+2. The van der Waals surface area contributed by atoms with Crippen LogP contribution < -0.4 is 4.74 Å². The van der Waals surface area contributed by atoms with Crippen molar-refractivity contribution in [3.8, 4) is 34.1 Å². The Morgan fingerprint density at radius 3 is 1.86 bits per heavy atom. The van der Waals surface area contributed by atoms with Crippen LogP contribution in [0.5, 0.6) is 11.5 Å². The Bertz CT molecular complexity index is 2550. The Hall–Kier alpha value is -4.47.